The van der Waals surface area contributed by atoms with Crippen LogP contribution in [0.15, 0.2) is 0 Å². The normalized spacial score (nSPS) is 20.1. The fourth-order valence-electron chi connectivity index (χ4n) is 2.23. The van der Waals surface area contributed by atoms with E-state index in [0.29, 0.717) is 11.8 Å². The van der Waals surface area contributed by atoms with Crippen LogP contribution in [0.2, 0.25) is 0 Å². The van der Waals surface area contributed by atoms with Gasteiger partial charge >= 0.3 is 0 Å². The molecule has 0 radical (unpaired) electrons. The summed E-state index contributed by atoms with van der Waals surface area (Å²) in [4.78, 5) is 0. The highest BCUT2D eigenvalue weighted by molar-refractivity contribution is 5.89. The fraction of sp³-hybridized carbons (Fsp3) is 0.923. The van der Waals surface area contributed by atoms with Crippen molar-refractivity contribution >= 4 is 5.71 Å². The number of hydrogen-bond donors (Lipinski definition) is 1. The summed E-state index contributed by atoms with van der Waals surface area (Å²) < 4.78 is 0. The summed E-state index contributed by atoms with van der Waals surface area (Å²) in [5, 5.41) is 8.32. The van der Waals surface area contributed by atoms with E-state index in [1.165, 1.54) is 32.1 Å². The fourth-order valence-corrected chi connectivity index (χ4v) is 2.23. The van der Waals surface area contributed by atoms with E-state index in [-0.39, 0.29) is 5.41 Å². The summed E-state index contributed by atoms with van der Waals surface area (Å²) in [6.07, 6.45) is 6.57. The summed E-state index contributed by atoms with van der Waals surface area (Å²) in [6, 6.07) is 0. The lowest BCUT2D eigenvalue weighted by atomic mass is 9.69. The summed E-state index contributed by atoms with van der Waals surface area (Å²) in [6.45, 7) is 8.93. The van der Waals surface area contributed by atoms with Crippen molar-refractivity contribution in [2.45, 2.75) is 59.8 Å². The monoisotopic (exact) mass is 195 g/mol. The highest BCUT2D eigenvalue weighted by Crippen LogP contribution is 2.35. The molecule has 1 heteroatoms. The van der Waals surface area contributed by atoms with E-state index < -0.39 is 0 Å². The Morgan fingerprint density at radius 2 is 1.64 bits per heavy atom. The van der Waals surface area contributed by atoms with Gasteiger partial charge in [0.2, 0.25) is 0 Å². The molecule has 0 atom stereocenters. The zero-order valence-electron chi connectivity index (χ0n) is 10.2. The van der Waals surface area contributed by atoms with Crippen molar-refractivity contribution in [1.82, 2.24) is 0 Å². The Morgan fingerprint density at radius 3 is 2.07 bits per heavy atom. The third-order valence-corrected chi connectivity index (χ3v) is 4.15. The zero-order chi connectivity index (χ0) is 10.8. The molecule has 1 fully saturated rings. The van der Waals surface area contributed by atoms with E-state index in [1.807, 2.05) is 0 Å². The highest BCUT2D eigenvalue weighted by Gasteiger charge is 2.32. The van der Waals surface area contributed by atoms with Gasteiger partial charge < -0.3 is 5.41 Å². The van der Waals surface area contributed by atoms with Crippen LogP contribution < -0.4 is 0 Å². The van der Waals surface area contributed by atoms with Crippen molar-refractivity contribution in [3.8, 4) is 0 Å². The topological polar surface area (TPSA) is 23.9 Å². The molecule has 82 valence electrons. The maximum absolute atomic E-state index is 8.32. The number of rotatable bonds is 3. The predicted octanol–water partition coefficient (Wildman–Crippen LogP) is 4.27. The lowest BCUT2D eigenvalue weighted by Gasteiger charge is -2.36. The molecular weight excluding hydrogens is 170 g/mol. The zero-order valence-corrected chi connectivity index (χ0v) is 10.2. The van der Waals surface area contributed by atoms with Crippen molar-refractivity contribution in [3.63, 3.8) is 0 Å². The smallest absolute Gasteiger partial charge is 0.0179 e. The van der Waals surface area contributed by atoms with Crippen LogP contribution in [0.1, 0.15) is 59.8 Å². The Bertz CT molecular complexity index is 197. The molecule has 1 aliphatic carbocycles. The van der Waals surface area contributed by atoms with Crippen molar-refractivity contribution < 1.29 is 0 Å². The van der Waals surface area contributed by atoms with Gasteiger partial charge in [0, 0.05) is 11.1 Å². The molecule has 0 aromatic heterocycles. The summed E-state index contributed by atoms with van der Waals surface area (Å²) in [7, 11) is 0. The third kappa shape index (κ3) is 2.37. The van der Waals surface area contributed by atoms with E-state index in [0.717, 1.165) is 5.71 Å². The molecule has 14 heavy (non-hydrogen) atoms. The first-order chi connectivity index (χ1) is 6.46. The minimum absolute atomic E-state index is 0.0992. The van der Waals surface area contributed by atoms with Crippen molar-refractivity contribution in [2.24, 2.45) is 17.3 Å². The Morgan fingerprint density at radius 1 is 1.14 bits per heavy atom. The molecular formula is C13H25N. The average molecular weight is 195 g/mol. The largest absolute Gasteiger partial charge is 0.309 e. The van der Waals surface area contributed by atoms with Crippen molar-refractivity contribution in [1.29, 1.82) is 5.41 Å². The molecule has 1 N–H and O–H groups in total. The third-order valence-electron chi connectivity index (χ3n) is 4.15. The van der Waals surface area contributed by atoms with Crippen LogP contribution in [-0.4, -0.2) is 5.71 Å². The van der Waals surface area contributed by atoms with Gasteiger partial charge in [-0.15, -0.1) is 0 Å². The second kappa shape index (κ2) is 4.46. The number of nitrogens with one attached hydrogen (secondary N) is 1. The van der Waals surface area contributed by atoms with Gasteiger partial charge in [-0.25, -0.2) is 0 Å². The molecule has 0 aromatic rings. The van der Waals surface area contributed by atoms with Gasteiger partial charge in [-0.3, -0.25) is 0 Å². The van der Waals surface area contributed by atoms with Crippen LogP contribution in [0.5, 0.6) is 0 Å². The SMILES string of the molecule is CC(C)C(C)(C)C(=N)C1CCCCC1. The van der Waals surface area contributed by atoms with Crippen LogP contribution in [0, 0.1) is 22.7 Å². The van der Waals surface area contributed by atoms with E-state index in [9.17, 15) is 0 Å². The molecule has 0 amide bonds. The first-order valence-electron chi connectivity index (χ1n) is 6.05. The maximum atomic E-state index is 8.32. The van der Waals surface area contributed by atoms with Gasteiger partial charge in [0.05, 0.1) is 0 Å². The molecule has 0 saturated heterocycles. The molecule has 0 spiro atoms. The molecule has 0 heterocycles. The van der Waals surface area contributed by atoms with E-state index in [2.05, 4.69) is 27.7 Å². The maximum Gasteiger partial charge on any atom is 0.0179 e. The molecule has 1 aliphatic rings. The van der Waals surface area contributed by atoms with Crippen LogP contribution in [0.3, 0.4) is 0 Å². The van der Waals surface area contributed by atoms with Crippen LogP contribution in [-0.2, 0) is 0 Å². The van der Waals surface area contributed by atoms with Crippen LogP contribution in [0.25, 0.3) is 0 Å². The van der Waals surface area contributed by atoms with Gasteiger partial charge in [-0.1, -0.05) is 47.0 Å². The van der Waals surface area contributed by atoms with Gasteiger partial charge in [0.1, 0.15) is 0 Å². The summed E-state index contributed by atoms with van der Waals surface area (Å²) in [5.41, 5.74) is 1.11. The standard InChI is InChI=1S/C13H25N/c1-10(2)13(3,4)12(14)11-8-6-5-7-9-11/h10-11,14H,5-9H2,1-4H3. The Labute approximate surface area is 88.8 Å². The molecule has 0 unspecified atom stereocenters. The highest BCUT2D eigenvalue weighted by atomic mass is 14.5. The van der Waals surface area contributed by atoms with Crippen molar-refractivity contribution in [2.75, 3.05) is 0 Å². The molecule has 1 nitrogen and oxygen atoms in total. The van der Waals surface area contributed by atoms with E-state index in [1.54, 1.807) is 0 Å². The van der Waals surface area contributed by atoms with E-state index in [4.69, 9.17) is 5.41 Å². The molecule has 0 aliphatic heterocycles. The quantitative estimate of drug-likeness (QED) is 0.650. The van der Waals surface area contributed by atoms with Gasteiger partial charge in [-0.05, 0) is 24.7 Å². The van der Waals surface area contributed by atoms with Gasteiger partial charge in [0.15, 0.2) is 0 Å². The van der Waals surface area contributed by atoms with Gasteiger partial charge in [0.25, 0.3) is 0 Å². The summed E-state index contributed by atoms with van der Waals surface area (Å²) in [5.74, 6) is 1.16. The van der Waals surface area contributed by atoms with Gasteiger partial charge in [-0.2, -0.15) is 0 Å². The molecule has 1 rings (SSSR count). The van der Waals surface area contributed by atoms with Crippen molar-refractivity contribution in [3.05, 3.63) is 0 Å². The lowest BCUT2D eigenvalue weighted by molar-refractivity contribution is 0.325. The van der Waals surface area contributed by atoms with E-state index >= 15 is 0 Å². The first-order valence-corrected chi connectivity index (χ1v) is 6.05. The van der Waals surface area contributed by atoms with Crippen LogP contribution in [0.4, 0.5) is 0 Å². The van der Waals surface area contributed by atoms with Crippen LogP contribution >= 0.6 is 0 Å². The summed E-state index contributed by atoms with van der Waals surface area (Å²) >= 11 is 0. The lowest BCUT2D eigenvalue weighted by Crippen LogP contribution is -2.35. The second-order valence-electron chi connectivity index (χ2n) is 5.62. The Balaban J connectivity index is 2.63. The molecule has 0 aromatic carbocycles. The molecule has 1 saturated carbocycles. The predicted molar refractivity (Wildman–Crippen MR) is 62.9 cm³/mol. The first kappa shape index (κ1) is 11.7. The minimum atomic E-state index is 0.0992. The molecule has 0 bridgehead atoms. The Kier molecular flexibility index (Phi) is 3.74. The number of hydrogen-bond acceptors (Lipinski definition) is 1. The average Bonchev–Trinajstić information content (AvgIpc) is 2.17. The Hall–Kier alpha value is -0.330. The minimum Gasteiger partial charge on any atom is -0.309 e. The second-order valence-corrected chi connectivity index (χ2v) is 5.62.